The first kappa shape index (κ1) is 17.6. The van der Waals surface area contributed by atoms with Gasteiger partial charge >= 0.3 is 0 Å². The highest BCUT2D eigenvalue weighted by Crippen LogP contribution is 2.15. The fourth-order valence-electron chi connectivity index (χ4n) is 3.37. The van der Waals surface area contributed by atoms with E-state index in [0.29, 0.717) is 6.54 Å². The molecule has 0 radical (unpaired) electrons. The Hall–Kier alpha value is -2.18. The number of amides is 1. The number of nitrogens with zero attached hydrogens (tertiary/aromatic N) is 3. The molecule has 1 aliphatic rings. The van der Waals surface area contributed by atoms with Crippen LogP contribution in [-0.4, -0.2) is 40.7 Å². The summed E-state index contributed by atoms with van der Waals surface area (Å²) in [4.78, 5) is 15.0. The van der Waals surface area contributed by atoms with Crippen LogP contribution >= 0.6 is 0 Å². The van der Waals surface area contributed by atoms with Crippen molar-refractivity contribution in [2.24, 2.45) is 7.05 Å². The number of likely N-dealkylation sites (N-methyl/N-ethyl adjacent to an activating group) is 1. The fraction of sp³-hybridized carbons (Fsp3) is 0.474. The Balaban J connectivity index is 1.57. The number of nitrogens with one attached hydrogen (secondary N) is 2. The maximum Gasteiger partial charge on any atom is 0.242 e. The molecule has 6 heteroatoms. The molecule has 1 atom stereocenters. The van der Waals surface area contributed by atoms with Gasteiger partial charge in [-0.2, -0.15) is 5.10 Å². The highest BCUT2D eigenvalue weighted by molar-refractivity contribution is 5.83. The second kappa shape index (κ2) is 8.27. The van der Waals surface area contributed by atoms with Crippen LogP contribution in [0, 0.1) is 0 Å². The molecule has 1 amide bonds. The molecule has 2 aromatic rings. The third-order valence-electron chi connectivity index (χ3n) is 4.67. The fourth-order valence-corrected chi connectivity index (χ4v) is 3.37. The van der Waals surface area contributed by atoms with Gasteiger partial charge in [-0.05, 0) is 44.1 Å². The third-order valence-corrected chi connectivity index (χ3v) is 4.67. The molecule has 134 valence electrons. The van der Waals surface area contributed by atoms with Gasteiger partial charge in [0.15, 0.2) is 0 Å². The number of rotatable bonds is 7. The molecule has 2 N–H and O–H groups in total. The average Bonchev–Trinajstić information content (AvgIpc) is 3.26. The lowest BCUT2D eigenvalue weighted by Crippen LogP contribution is -2.35. The summed E-state index contributed by atoms with van der Waals surface area (Å²) in [7, 11) is 3.63. The van der Waals surface area contributed by atoms with Crippen molar-refractivity contribution in [3.05, 3.63) is 53.3 Å². The smallest absolute Gasteiger partial charge is 0.242 e. The van der Waals surface area contributed by atoms with Crippen LogP contribution < -0.4 is 10.6 Å². The Morgan fingerprint density at radius 1 is 1.28 bits per heavy atom. The Morgan fingerprint density at radius 2 is 2.04 bits per heavy atom. The van der Waals surface area contributed by atoms with E-state index in [2.05, 4.69) is 44.9 Å². The van der Waals surface area contributed by atoms with E-state index in [4.69, 9.17) is 0 Å². The number of carbonyl (C=O) groups is 1. The highest BCUT2D eigenvalue weighted by atomic mass is 16.2. The van der Waals surface area contributed by atoms with Crippen LogP contribution in [0.5, 0.6) is 0 Å². The molecule has 1 aromatic carbocycles. The topological polar surface area (TPSA) is 62.2 Å². The van der Waals surface area contributed by atoms with E-state index in [1.165, 1.54) is 31.5 Å². The van der Waals surface area contributed by atoms with Crippen molar-refractivity contribution in [3.8, 4) is 0 Å². The molecule has 3 rings (SSSR count). The number of carbonyl (C=O) groups excluding carboxylic acids is 1. The molecule has 0 bridgehead atoms. The minimum atomic E-state index is -0.388. The second-order valence-electron chi connectivity index (χ2n) is 6.69. The summed E-state index contributed by atoms with van der Waals surface area (Å²) in [6, 6.07) is 8.10. The average molecular weight is 341 g/mol. The van der Waals surface area contributed by atoms with Crippen LogP contribution in [0.4, 0.5) is 0 Å². The molecule has 1 saturated heterocycles. The molecule has 1 aromatic heterocycles. The molecule has 2 heterocycles. The maximum absolute atomic E-state index is 12.5. The van der Waals surface area contributed by atoms with Crippen molar-refractivity contribution >= 4 is 5.91 Å². The SMILES string of the molecule is CNC(C(=O)NCc1cccc(CN2CCCC2)c1)c1cnn(C)c1. The third kappa shape index (κ3) is 4.67. The molecule has 1 aliphatic heterocycles. The number of aryl methyl sites for hydroxylation is 1. The van der Waals surface area contributed by atoms with Crippen molar-refractivity contribution in [1.82, 2.24) is 25.3 Å². The first-order valence-electron chi connectivity index (χ1n) is 8.89. The van der Waals surface area contributed by atoms with E-state index in [1.54, 1.807) is 17.9 Å². The van der Waals surface area contributed by atoms with Gasteiger partial charge in [0.2, 0.25) is 5.91 Å². The van der Waals surface area contributed by atoms with Gasteiger partial charge in [-0.1, -0.05) is 24.3 Å². The lowest BCUT2D eigenvalue weighted by atomic mass is 10.1. The summed E-state index contributed by atoms with van der Waals surface area (Å²) < 4.78 is 1.70. The highest BCUT2D eigenvalue weighted by Gasteiger charge is 2.19. The number of aromatic nitrogens is 2. The molecule has 6 nitrogen and oxygen atoms in total. The number of hydrogen-bond donors (Lipinski definition) is 2. The maximum atomic E-state index is 12.5. The zero-order valence-electron chi connectivity index (χ0n) is 15.0. The Morgan fingerprint density at radius 3 is 2.72 bits per heavy atom. The van der Waals surface area contributed by atoms with Crippen LogP contribution in [0.15, 0.2) is 36.7 Å². The van der Waals surface area contributed by atoms with E-state index in [-0.39, 0.29) is 11.9 Å². The zero-order chi connectivity index (χ0) is 17.6. The van der Waals surface area contributed by atoms with Crippen molar-refractivity contribution in [2.45, 2.75) is 32.0 Å². The Labute approximate surface area is 149 Å². The van der Waals surface area contributed by atoms with Gasteiger partial charge in [0.25, 0.3) is 0 Å². The van der Waals surface area contributed by atoms with E-state index in [1.807, 2.05) is 13.2 Å². The number of benzene rings is 1. The largest absolute Gasteiger partial charge is 0.350 e. The van der Waals surface area contributed by atoms with Crippen LogP contribution in [0.1, 0.15) is 35.6 Å². The molecule has 0 spiro atoms. The summed E-state index contributed by atoms with van der Waals surface area (Å²) >= 11 is 0. The predicted molar refractivity (Wildman–Crippen MR) is 97.8 cm³/mol. The predicted octanol–water partition coefficient (Wildman–Crippen LogP) is 1.59. The van der Waals surface area contributed by atoms with Crippen LogP contribution in [0.3, 0.4) is 0 Å². The van der Waals surface area contributed by atoms with Gasteiger partial charge < -0.3 is 10.6 Å². The van der Waals surface area contributed by atoms with Crippen LogP contribution in [0.2, 0.25) is 0 Å². The molecular formula is C19H27N5O. The number of likely N-dealkylation sites (tertiary alicyclic amines) is 1. The van der Waals surface area contributed by atoms with Gasteiger partial charge in [-0.25, -0.2) is 0 Å². The van der Waals surface area contributed by atoms with Crippen molar-refractivity contribution in [3.63, 3.8) is 0 Å². The molecule has 25 heavy (non-hydrogen) atoms. The summed E-state index contributed by atoms with van der Waals surface area (Å²) in [6.45, 7) is 3.91. The standard InChI is InChI=1S/C19H27N5O/c1-20-18(17-12-22-23(2)14-17)19(25)21-11-15-6-5-7-16(10-15)13-24-8-3-4-9-24/h5-7,10,12,14,18,20H,3-4,8-9,11,13H2,1-2H3,(H,21,25). The molecule has 1 unspecified atom stereocenters. The van der Waals surface area contributed by atoms with Crippen LogP contribution in [0.25, 0.3) is 0 Å². The van der Waals surface area contributed by atoms with E-state index in [0.717, 1.165) is 17.7 Å². The zero-order valence-corrected chi connectivity index (χ0v) is 15.0. The van der Waals surface area contributed by atoms with Crippen LogP contribution in [-0.2, 0) is 24.9 Å². The lowest BCUT2D eigenvalue weighted by molar-refractivity contribution is -0.123. The minimum absolute atomic E-state index is 0.0413. The normalized spacial score (nSPS) is 16.1. The summed E-state index contributed by atoms with van der Waals surface area (Å²) in [5.41, 5.74) is 3.31. The van der Waals surface area contributed by atoms with Gasteiger partial charge in [0.05, 0.1) is 6.20 Å². The summed E-state index contributed by atoms with van der Waals surface area (Å²) in [5, 5.41) is 10.2. The van der Waals surface area contributed by atoms with Crippen molar-refractivity contribution in [2.75, 3.05) is 20.1 Å². The Kier molecular flexibility index (Phi) is 5.83. The summed E-state index contributed by atoms with van der Waals surface area (Å²) in [5.74, 6) is -0.0413. The first-order valence-corrected chi connectivity index (χ1v) is 8.89. The molecule has 0 saturated carbocycles. The van der Waals surface area contributed by atoms with Gasteiger partial charge in [-0.15, -0.1) is 0 Å². The second-order valence-corrected chi connectivity index (χ2v) is 6.69. The van der Waals surface area contributed by atoms with E-state index in [9.17, 15) is 4.79 Å². The number of hydrogen-bond acceptors (Lipinski definition) is 4. The summed E-state index contributed by atoms with van der Waals surface area (Å²) in [6.07, 6.45) is 6.18. The minimum Gasteiger partial charge on any atom is -0.350 e. The lowest BCUT2D eigenvalue weighted by Gasteiger charge is -2.16. The molecule has 0 aliphatic carbocycles. The quantitative estimate of drug-likeness (QED) is 0.803. The van der Waals surface area contributed by atoms with Crippen molar-refractivity contribution < 1.29 is 4.79 Å². The van der Waals surface area contributed by atoms with Gasteiger partial charge in [-0.3, -0.25) is 14.4 Å². The van der Waals surface area contributed by atoms with Crippen molar-refractivity contribution in [1.29, 1.82) is 0 Å². The Bertz CT molecular complexity index is 705. The molecular weight excluding hydrogens is 314 g/mol. The van der Waals surface area contributed by atoms with E-state index < -0.39 is 0 Å². The van der Waals surface area contributed by atoms with Gasteiger partial charge in [0.1, 0.15) is 6.04 Å². The monoisotopic (exact) mass is 341 g/mol. The van der Waals surface area contributed by atoms with Gasteiger partial charge in [0, 0.05) is 31.9 Å². The van der Waals surface area contributed by atoms with E-state index >= 15 is 0 Å². The molecule has 1 fully saturated rings. The first-order chi connectivity index (χ1) is 12.2.